The molecule has 0 atom stereocenters. The molecule has 4 rings (SSSR count). The number of amides is 1. The van der Waals surface area contributed by atoms with Crippen LogP contribution < -0.4 is 14.9 Å². The van der Waals surface area contributed by atoms with Crippen molar-refractivity contribution in [1.29, 1.82) is 0 Å². The number of benzene rings is 3. The Labute approximate surface area is 192 Å². The number of hydrogen-bond donors (Lipinski definition) is 2. The standard InChI is InChI=1S/C24H25FN4O3S/c1-28-13-15-29(16-14-28)20-11-9-19(10-12-20)26-24(30)18-5-4-6-21(17-18)33(31,32)27-23-8-3-2-7-22(23)25/h2-12,17,27H,13-16H2,1H3,(H,26,30). The molecular weight excluding hydrogens is 443 g/mol. The molecule has 7 nitrogen and oxygen atoms in total. The third kappa shape index (κ3) is 5.50. The number of halogens is 1. The summed E-state index contributed by atoms with van der Waals surface area (Å²) in [6.45, 7) is 3.90. The normalized spacial score (nSPS) is 14.7. The van der Waals surface area contributed by atoms with Crippen LogP contribution in [0, 0.1) is 5.82 Å². The third-order valence-electron chi connectivity index (χ3n) is 5.52. The average Bonchev–Trinajstić information content (AvgIpc) is 2.82. The maximum absolute atomic E-state index is 13.9. The molecule has 0 spiro atoms. The van der Waals surface area contributed by atoms with Gasteiger partial charge in [0.1, 0.15) is 5.82 Å². The average molecular weight is 469 g/mol. The van der Waals surface area contributed by atoms with Gasteiger partial charge >= 0.3 is 0 Å². The van der Waals surface area contributed by atoms with Gasteiger partial charge in [0.25, 0.3) is 15.9 Å². The first kappa shape index (κ1) is 22.8. The fourth-order valence-corrected chi connectivity index (χ4v) is 4.69. The molecule has 1 aliphatic heterocycles. The topological polar surface area (TPSA) is 81.8 Å². The van der Waals surface area contributed by atoms with Crippen molar-refractivity contribution in [3.63, 3.8) is 0 Å². The van der Waals surface area contributed by atoms with Crippen LogP contribution in [0.2, 0.25) is 0 Å². The number of sulfonamides is 1. The van der Waals surface area contributed by atoms with Gasteiger partial charge in [-0.25, -0.2) is 12.8 Å². The van der Waals surface area contributed by atoms with Gasteiger partial charge < -0.3 is 15.1 Å². The first-order valence-corrected chi connectivity index (χ1v) is 12.0. The highest BCUT2D eigenvalue weighted by atomic mass is 32.2. The Kier molecular flexibility index (Phi) is 6.62. The molecule has 33 heavy (non-hydrogen) atoms. The first-order chi connectivity index (χ1) is 15.8. The Morgan fingerprint density at radius 3 is 2.30 bits per heavy atom. The summed E-state index contributed by atoms with van der Waals surface area (Å²) in [7, 11) is -1.96. The van der Waals surface area contributed by atoms with Crippen LogP contribution in [0.15, 0.2) is 77.7 Å². The summed E-state index contributed by atoms with van der Waals surface area (Å²) < 4.78 is 41.4. The zero-order valence-corrected chi connectivity index (χ0v) is 19.0. The zero-order chi connectivity index (χ0) is 23.4. The summed E-state index contributed by atoms with van der Waals surface area (Å²) in [6.07, 6.45) is 0. The molecule has 9 heteroatoms. The fourth-order valence-electron chi connectivity index (χ4n) is 3.58. The van der Waals surface area contributed by atoms with Crippen molar-refractivity contribution in [3.8, 4) is 0 Å². The van der Waals surface area contributed by atoms with E-state index in [9.17, 15) is 17.6 Å². The number of hydrogen-bond acceptors (Lipinski definition) is 5. The van der Waals surface area contributed by atoms with Gasteiger partial charge in [0.05, 0.1) is 10.6 Å². The molecule has 1 heterocycles. The molecule has 1 amide bonds. The second-order valence-corrected chi connectivity index (χ2v) is 9.59. The minimum Gasteiger partial charge on any atom is -0.369 e. The van der Waals surface area contributed by atoms with E-state index < -0.39 is 21.7 Å². The zero-order valence-electron chi connectivity index (χ0n) is 18.2. The summed E-state index contributed by atoms with van der Waals surface area (Å²) in [4.78, 5) is 17.2. The first-order valence-electron chi connectivity index (χ1n) is 10.5. The molecule has 0 bridgehead atoms. The Balaban J connectivity index is 1.45. The van der Waals surface area contributed by atoms with Crippen LogP contribution in [-0.4, -0.2) is 52.5 Å². The van der Waals surface area contributed by atoms with E-state index in [1.165, 1.54) is 42.5 Å². The predicted molar refractivity (Wildman–Crippen MR) is 128 cm³/mol. The minimum absolute atomic E-state index is 0.135. The lowest BCUT2D eigenvalue weighted by Crippen LogP contribution is -2.44. The molecule has 2 N–H and O–H groups in total. The number of rotatable bonds is 6. The molecule has 3 aromatic carbocycles. The van der Waals surface area contributed by atoms with E-state index in [1.54, 1.807) is 0 Å². The lowest BCUT2D eigenvalue weighted by Gasteiger charge is -2.34. The Morgan fingerprint density at radius 1 is 0.909 bits per heavy atom. The van der Waals surface area contributed by atoms with Crippen LogP contribution in [0.5, 0.6) is 0 Å². The van der Waals surface area contributed by atoms with Crippen molar-refractivity contribution < 1.29 is 17.6 Å². The van der Waals surface area contributed by atoms with Crippen molar-refractivity contribution in [2.45, 2.75) is 4.90 Å². The second-order valence-electron chi connectivity index (χ2n) is 7.90. The molecule has 3 aromatic rings. The van der Waals surface area contributed by atoms with E-state index in [4.69, 9.17) is 0 Å². The highest BCUT2D eigenvalue weighted by Crippen LogP contribution is 2.22. The summed E-state index contributed by atoms with van der Waals surface area (Å²) in [5.74, 6) is -1.12. The van der Waals surface area contributed by atoms with Gasteiger partial charge in [-0.3, -0.25) is 9.52 Å². The minimum atomic E-state index is -4.07. The van der Waals surface area contributed by atoms with Crippen LogP contribution in [0.3, 0.4) is 0 Å². The smallest absolute Gasteiger partial charge is 0.262 e. The summed E-state index contributed by atoms with van der Waals surface area (Å²) in [6, 6.07) is 18.7. The SMILES string of the molecule is CN1CCN(c2ccc(NC(=O)c3cccc(S(=O)(=O)Nc4ccccc4F)c3)cc2)CC1. The molecule has 0 saturated carbocycles. The fraction of sp³-hybridized carbons (Fsp3) is 0.208. The molecule has 1 fully saturated rings. The van der Waals surface area contributed by atoms with Crippen molar-refractivity contribution >= 4 is 33.0 Å². The molecule has 0 unspecified atom stereocenters. The Bertz CT molecular complexity index is 1240. The molecule has 1 aliphatic rings. The van der Waals surface area contributed by atoms with Crippen LogP contribution in [0.1, 0.15) is 10.4 Å². The van der Waals surface area contributed by atoms with E-state index in [2.05, 4.69) is 26.9 Å². The number of carbonyl (C=O) groups excluding carboxylic acids is 1. The number of carbonyl (C=O) groups is 1. The monoisotopic (exact) mass is 468 g/mol. The van der Waals surface area contributed by atoms with Gasteiger partial charge in [-0.2, -0.15) is 0 Å². The quantitative estimate of drug-likeness (QED) is 0.578. The summed E-state index contributed by atoms with van der Waals surface area (Å²) >= 11 is 0. The summed E-state index contributed by atoms with van der Waals surface area (Å²) in [5.41, 5.74) is 1.71. The lowest BCUT2D eigenvalue weighted by atomic mass is 10.2. The molecule has 172 valence electrons. The highest BCUT2D eigenvalue weighted by molar-refractivity contribution is 7.92. The van der Waals surface area contributed by atoms with Crippen LogP contribution in [0.25, 0.3) is 0 Å². The number of likely N-dealkylation sites (N-methyl/N-ethyl adjacent to an activating group) is 1. The molecule has 0 aromatic heterocycles. The molecule has 0 aliphatic carbocycles. The number of anilines is 3. The second kappa shape index (κ2) is 9.60. The van der Waals surface area contributed by atoms with E-state index >= 15 is 0 Å². The van der Waals surface area contributed by atoms with Crippen molar-refractivity contribution in [2.24, 2.45) is 0 Å². The number of piperazine rings is 1. The van der Waals surface area contributed by atoms with Crippen molar-refractivity contribution in [3.05, 3.63) is 84.2 Å². The van der Waals surface area contributed by atoms with Gasteiger partial charge in [0.2, 0.25) is 0 Å². The molecular formula is C24H25FN4O3S. The molecule has 0 radical (unpaired) electrons. The summed E-state index contributed by atoms with van der Waals surface area (Å²) in [5, 5.41) is 2.79. The van der Waals surface area contributed by atoms with E-state index in [0.717, 1.165) is 37.9 Å². The van der Waals surface area contributed by atoms with E-state index in [0.29, 0.717) is 5.69 Å². The van der Waals surface area contributed by atoms with Gasteiger partial charge in [-0.1, -0.05) is 18.2 Å². The number of para-hydroxylation sites is 1. The largest absolute Gasteiger partial charge is 0.369 e. The predicted octanol–water partition coefficient (Wildman–Crippen LogP) is 3.63. The highest BCUT2D eigenvalue weighted by Gasteiger charge is 2.18. The van der Waals surface area contributed by atoms with E-state index in [-0.39, 0.29) is 16.1 Å². The van der Waals surface area contributed by atoms with Crippen molar-refractivity contribution in [2.75, 3.05) is 48.2 Å². The maximum Gasteiger partial charge on any atom is 0.262 e. The Hall–Kier alpha value is -3.43. The van der Waals surface area contributed by atoms with E-state index in [1.807, 2.05) is 24.3 Å². The number of nitrogens with one attached hydrogen (secondary N) is 2. The van der Waals surface area contributed by atoms with Crippen LogP contribution in [0.4, 0.5) is 21.5 Å². The lowest BCUT2D eigenvalue weighted by molar-refractivity contribution is 0.102. The van der Waals surface area contributed by atoms with Gasteiger partial charge in [-0.15, -0.1) is 0 Å². The number of nitrogens with zero attached hydrogens (tertiary/aromatic N) is 2. The van der Waals surface area contributed by atoms with Crippen molar-refractivity contribution in [1.82, 2.24) is 4.90 Å². The molecule has 1 saturated heterocycles. The van der Waals surface area contributed by atoms with Gasteiger partial charge in [-0.05, 0) is 61.6 Å². The Morgan fingerprint density at radius 2 is 1.61 bits per heavy atom. The van der Waals surface area contributed by atoms with Crippen LogP contribution >= 0.6 is 0 Å². The van der Waals surface area contributed by atoms with Gasteiger partial charge in [0, 0.05) is 43.1 Å². The van der Waals surface area contributed by atoms with Gasteiger partial charge in [0.15, 0.2) is 0 Å². The maximum atomic E-state index is 13.9. The third-order valence-corrected chi connectivity index (χ3v) is 6.88. The van der Waals surface area contributed by atoms with Crippen LogP contribution in [-0.2, 0) is 10.0 Å².